The molecule has 5 heteroatoms. The second-order valence-electron chi connectivity index (χ2n) is 4.67. The monoisotopic (exact) mass is 277 g/mol. The standard InChI is InChI=1S/C15H23N3O2/c1-3-6-13(16)15(20)18-10-11-7-5-8-12(9-11)14(19)17-4-2/h5,7-9,13H,3-4,6,10,16H2,1-2H3,(H,17,19)(H,18,20). The first-order valence-corrected chi connectivity index (χ1v) is 6.98. The minimum absolute atomic E-state index is 0.108. The number of rotatable bonds is 7. The Bertz CT molecular complexity index is 460. The molecule has 110 valence electrons. The van der Waals surface area contributed by atoms with Crippen LogP contribution in [0.25, 0.3) is 0 Å². The molecule has 1 aromatic carbocycles. The van der Waals surface area contributed by atoms with Gasteiger partial charge in [-0.1, -0.05) is 25.5 Å². The van der Waals surface area contributed by atoms with E-state index in [9.17, 15) is 9.59 Å². The summed E-state index contributed by atoms with van der Waals surface area (Å²) in [6.45, 7) is 4.83. The highest BCUT2D eigenvalue weighted by Gasteiger charge is 2.11. The molecule has 0 heterocycles. The highest BCUT2D eigenvalue weighted by molar-refractivity contribution is 5.94. The van der Waals surface area contributed by atoms with Crippen molar-refractivity contribution in [3.05, 3.63) is 35.4 Å². The van der Waals surface area contributed by atoms with Crippen LogP contribution in [-0.4, -0.2) is 24.4 Å². The fourth-order valence-electron chi connectivity index (χ4n) is 1.85. The molecule has 0 radical (unpaired) electrons. The molecule has 0 aliphatic carbocycles. The fraction of sp³-hybridized carbons (Fsp3) is 0.467. The van der Waals surface area contributed by atoms with Crippen molar-refractivity contribution >= 4 is 11.8 Å². The first kappa shape index (κ1) is 16.2. The van der Waals surface area contributed by atoms with Crippen LogP contribution in [0.5, 0.6) is 0 Å². The van der Waals surface area contributed by atoms with Crippen molar-refractivity contribution in [2.45, 2.75) is 39.3 Å². The molecule has 2 amide bonds. The molecule has 0 aliphatic rings. The molecule has 0 saturated heterocycles. The zero-order valence-electron chi connectivity index (χ0n) is 12.1. The maximum absolute atomic E-state index is 11.7. The highest BCUT2D eigenvalue weighted by Crippen LogP contribution is 2.05. The van der Waals surface area contributed by atoms with Gasteiger partial charge < -0.3 is 16.4 Å². The average Bonchev–Trinajstić information content (AvgIpc) is 2.45. The topological polar surface area (TPSA) is 84.2 Å². The van der Waals surface area contributed by atoms with E-state index in [2.05, 4.69) is 10.6 Å². The zero-order chi connectivity index (χ0) is 15.0. The van der Waals surface area contributed by atoms with E-state index in [1.165, 1.54) is 0 Å². The molecule has 1 aromatic rings. The fourth-order valence-corrected chi connectivity index (χ4v) is 1.85. The van der Waals surface area contributed by atoms with Crippen molar-refractivity contribution in [2.24, 2.45) is 5.73 Å². The van der Waals surface area contributed by atoms with Gasteiger partial charge in [0.05, 0.1) is 6.04 Å². The predicted molar refractivity (Wildman–Crippen MR) is 79.2 cm³/mol. The number of hydrogen-bond acceptors (Lipinski definition) is 3. The molecule has 0 fully saturated rings. The summed E-state index contributed by atoms with van der Waals surface area (Å²) in [5.41, 5.74) is 7.21. The zero-order valence-corrected chi connectivity index (χ0v) is 12.1. The molecule has 1 rings (SSSR count). The second kappa shape index (κ2) is 8.32. The molecule has 4 N–H and O–H groups in total. The molecule has 5 nitrogen and oxygen atoms in total. The van der Waals surface area contributed by atoms with Gasteiger partial charge in [-0.15, -0.1) is 0 Å². The van der Waals surface area contributed by atoms with Gasteiger partial charge in [-0.3, -0.25) is 9.59 Å². The third kappa shape index (κ3) is 5.01. The van der Waals surface area contributed by atoms with Crippen molar-refractivity contribution in [3.8, 4) is 0 Å². The summed E-state index contributed by atoms with van der Waals surface area (Å²) in [7, 11) is 0. The molecule has 0 aromatic heterocycles. The lowest BCUT2D eigenvalue weighted by Gasteiger charge is -2.11. The van der Waals surface area contributed by atoms with E-state index in [4.69, 9.17) is 5.73 Å². The molecule has 0 saturated carbocycles. The summed E-state index contributed by atoms with van der Waals surface area (Å²) >= 11 is 0. The Kier molecular flexibility index (Phi) is 6.73. The Hall–Kier alpha value is -1.88. The summed E-state index contributed by atoms with van der Waals surface area (Å²) in [6.07, 6.45) is 1.55. The lowest BCUT2D eigenvalue weighted by molar-refractivity contribution is -0.122. The second-order valence-corrected chi connectivity index (χ2v) is 4.67. The number of amides is 2. The number of hydrogen-bond donors (Lipinski definition) is 3. The largest absolute Gasteiger partial charge is 0.352 e. The van der Waals surface area contributed by atoms with Crippen LogP contribution < -0.4 is 16.4 Å². The van der Waals surface area contributed by atoms with Gasteiger partial charge in [0.1, 0.15) is 0 Å². The average molecular weight is 277 g/mol. The maximum atomic E-state index is 11.7. The minimum atomic E-state index is -0.466. The van der Waals surface area contributed by atoms with Crippen LogP contribution in [0.15, 0.2) is 24.3 Å². The van der Waals surface area contributed by atoms with E-state index < -0.39 is 6.04 Å². The van der Waals surface area contributed by atoms with E-state index in [1.807, 2.05) is 19.9 Å². The van der Waals surface area contributed by atoms with Crippen LogP contribution in [0.1, 0.15) is 42.6 Å². The summed E-state index contributed by atoms with van der Waals surface area (Å²) in [5, 5.41) is 5.53. The van der Waals surface area contributed by atoms with Gasteiger partial charge in [-0.25, -0.2) is 0 Å². The Morgan fingerprint density at radius 3 is 2.65 bits per heavy atom. The van der Waals surface area contributed by atoms with E-state index >= 15 is 0 Å². The number of benzene rings is 1. The minimum Gasteiger partial charge on any atom is -0.352 e. The van der Waals surface area contributed by atoms with Gasteiger partial charge in [0.25, 0.3) is 5.91 Å². The third-order valence-electron chi connectivity index (χ3n) is 2.93. The van der Waals surface area contributed by atoms with Crippen LogP contribution in [0.4, 0.5) is 0 Å². The molecule has 1 atom stereocenters. The normalized spacial score (nSPS) is 11.8. The van der Waals surface area contributed by atoms with Crippen molar-refractivity contribution < 1.29 is 9.59 Å². The highest BCUT2D eigenvalue weighted by atomic mass is 16.2. The summed E-state index contributed by atoms with van der Waals surface area (Å²) in [5.74, 6) is -0.265. The number of carbonyl (C=O) groups excluding carboxylic acids is 2. The SMILES string of the molecule is CCCC(N)C(=O)NCc1cccc(C(=O)NCC)c1. The lowest BCUT2D eigenvalue weighted by Crippen LogP contribution is -2.40. The third-order valence-corrected chi connectivity index (χ3v) is 2.93. The number of carbonyl (C=O) groups is 2. The van der Waals surface area contributed by atoms with E-state index in [0.717, 1.165) is 12.0 Å². The Labute approximate surface area is 119 Å². The van der Waals surface area contributed by atoms with Crippen LogP contribution in [0, 0.1) is 0 Å². The molecular formula is C15H23N3O2. The molecular weight excluding hydrogens is 254 g/mol. The summed E-state index contributed by atoms with van der Waals surface area (Å²) in [4.78, 5) is 23.4. The van der Waals surface area contributed by atoms with Gasteiger partial charge in [0, 0.05) is 18.7 Å². The van der Waals surface area contributed by atoms with Crippen molar-refractivity contribution in [3.63, 3.8) is 0 Å². The van der Waals surface area contributed by atoms with Crippen LogP contribution in [-0.2, 0) is 11.3 Å². The Morgan fingerprint density at radius 2 is 2.00 bits per heavy atom. The van der Waals surface area contributed by atoms with Gasteiger partial charge in [0.2, 0.25) is 5.91 Å². The van der Waals surface area contributed by atoms with Crippen molar-refractivity contribution in [1.82, 2.24) is 10.6 Å². The van der Waals surface area contributed by atoms with E-state index in [-0.39, 0.29) is 11.8 Å². The van der Waals surface area contributed by atoms with Crippen molar-refractivity contribution in [1.29, 1.82) is 0 Å². The molecule has 0 aliphatic heterocycles. The quantitative estimate of drug-likeness (QED) is 0.699. The first-order chi connectivity index (χ1) is 9.58. The number of nitrogens with one attached hydrogen (secondary N) is 2. The first-order valence-electron chi connectivity index (χ1n) is 6.98. The molecule has 0 bridgehead atoms. The van der Waals surface area contributed by atoms with Crippen LogP contribution in [0.3, 0.4) is 0 Å². The number of nitrogens with two attached hydrogens (primary N) is 1. The van der Waals surface area contributed by atoms with E-state index in [1.54, 1.807) is 18.2 Å². The molecule has 20 heavy (non-hydrogen) atoms. The van der Waals surface area contributed by atoms with Crippen LogP contribution >= 0.6 is 0 Å². The van der Waals surface area contributed by atoms with Gasteiger partial charge in [0.15, 0.2) is 0 Å². The molecule has 0 spiro atoms. The van der Waals surface area contributed by atoms with E-state index in [0.29, 0.717) is 25.1 Å². The summed E-state index contributed by atoms with van der Waals surface area (Å²) < 4.78 is 0. The van der Waals surface area contributed by atoms with Crippen LogP contribution in [0.2, 0.25) is 0 Å². The predicted octanol–water partition coefficient (Wildman–Crippen LogP) is 1.18. The van der Waals surface area contributed by atoms with Gasteiger partial charge in [-0.05, 0) is 31.0 Å². The smallest absolute Gasteiger partial charge is 0.251 e. The van der Waals surface area contributed by atoms with Gasteiger partial charge >= 0.3 is 0 Å². The lowest BCUT2D eigenvalue weighted by atomic mass is 10.1. The Balaban J connectivity index is 2.58. The summed E-state index contributed by atoms with van der Waals surface area (Å²) in [6, 6.07) is 6.73. The molecule has 1 unspecified atom stereocenters. The van der Waals surface area contributed by atoms with Gasteiger partial charge in [-0.2, -0.15) is 0 Å². The maximum Gasteiger partial charge on any atom is 0.251 e. The Morgan fingerprint density at radius 1 is 1.25 bits per heavy atom. The van der Waals surface area contributed by atoms with Crippen molar-refractivity contribution in [2.75, 3.05) is 6.54 Å².